The van der Waals surface area contributed by atoms with Crippen molar-refractivity contribution in [2.75, 3.05) is 44.2 Å². The molecule has 1 atom stereocenters. The Labute approximate surface area is 195 Å². The van der Waals surface area contributed by atoms with E-state index < -0.39 is 29.0 Å². The topological polar surface area (TPSA) is 85.4 Å². The number of pyridine rings is 1. The lowest BCUT2D eigenvalue weighted by Crippen LogP contribution is -2.51. The van der Waals surface area contributed by atoms with Crippen molar-refractivity contribution in [1.29, 1.82) is 0 Å². The highest BCUT2D eigenvalue weighted by molar-refractivity contribution is 5.79. The Hall–Kier alpha value is -3.16. The molecule has 2 aliphatic heterocycles. The van der Waals surface area contributed by atoms with Crippen molar-refractivity contribution in [3.8, 4) is 0 Å². The second kappa shape index (κ2) is 9.47. The molecule has 8 nitrogen and oxygen atoms in total. The maximum Gasteiger partial charge on any atom is 0.421 e. The molecule has 1 amide bonds. The quantitative estimate of drug-likeness (QED) is 0.644. The zero-order chi connectivity index (χ0) is 25.4. The van der Waals surface area contributed by atoms with Gasteiger partial charge in [0.05, 0.1) is 11.5 Å². The highest BCUT2D eigenvalue weighted by Gasteiger charge is 2.36. The normalized spacial score (nSPS) is 19.9. The molecule has 0 unspecified atom stereocenters. The van der Waals surface area contributed by atoms with Crippen LogP contribution in [0.3, 0.4) is 0 Å². The van der Waals surface area contributed by atoms with E-state index in [1.165, 1.54) is 6.20 Å². The molecule has 0 aromatic carbocycles. The largest absolute Gasteiger partial charge is 0.421 e. The first-order chi connectivity index (χ1) is 16.4. The number of halogens is 6. The second-order valence-electron chi connectivity index (χ2n) is 8.55. The Morgan fingerprint density at radius 3 is 2.26 bits per heavy atom. The van der Waals surface area contributed by atoms with Crippen LogP contribution in [0.4, 0.5) is 32.3 Å². The van der Waals surface area contributed by atoms with E-state index in [1.807, 2.05) is 4.90 Å². The molecule has 0 saturated carbocycles. The fourth-order valence-electron chi connectivity index (χ4n) is 4.28. The summed E-state index contributed by atoms with van der Waals surface area (Å²) in [6, 6.07) is 0.830. The van der Waals surface area contributed by atoms with E-state index in [1.54, 1.807) is 9.80 Å². The van der Waals surface area contributed by atoms with Crippen LogP contribution in [0.1, 0.15) is 23.1 Å². The highest BCUT2D eigenvalue weighted by Crippen LogP contribution is 2.29. The number of hydrogen-bond donors (Lipinski definition) is 1. The van der Waals surface area contributed by atoms with Crippen LogP contribution in [0.15, 0.2) is 29.5 Å². The summed E-state index contributed by atoms with van der Waals surface area (Å²) < 4.78 is 77.0. The minimum Gasteiger partial charge on any atom is -0.339 e. The van der Waals surface area contributed by atoms with Crippen LogP contribution in [0.2, 0.25) is 0 Å². The van der Waals surface area contributed by atoms with Gasteiger partial charge in [-0.15, -0.1) is 0 Å². The Morgan fingerprint density at radius 2 is 1.66 bits per heavy atom. The van der Waals surface area contributed by atoms with Crippen molar-refractivity contribution in [3.05, 3.63) is 51.7 Å². The molecule has 0 bridgehead atoms. The van der Waals surface area contributed by atoms with Crippen LogP contribution in [0.25, 0.3) is 0 Å². The van der Waals surface area contributed by atoms with Gasteiger partial charge >= 0.3 is 12.4 Å². The van der Waals surface area contributed by atoms with Gasteiger partial charge in [0.1, 0.15) is 5.56 Å². The number of H-pyrrole nitrogens is 1. The summed E-state index contributed by atoms with van der Waals surface area (Å²) in [6.07, 6.45) is -6.01. The number of likely N-dealkylation sites (tertiary alicyclic amines) is 1. The van der Waals surface area contributed by atoms with E-state index in [2.05, 4.69) is 15.0 Å². The van der Waals surface area contributed by atoms with Gasteiger partial charge in [-0.3, -0.25) is 14.5 Å². The fourth-order valence-corrected chi connectivity index (χ4v) is 4.28. The molecule has 190 valence electrons. The van der Waals surface area contributed by atoms with Gasteiger partial charge in [-0.25, -0.2) is 9.97 Å². The van der Waals surface area contributed by atoms with Gasteiger partial charge in [-0.1, -0.05) is 0 Å². The molecule has 35 heavy (non-hydrogen) atoms. The monoisotopic (exact) mass is 504 g/mol. The summed E-state index contributed by atoms with van der Waals surface area (Å²) in [5, 5.41) is 0. The first-order valence-electron chi connectivity index (χ1n) is 10.9. The number of rotatable bonds is 4. The van der Waals surface area contributed by atoms with Gasteiger partial charge in [0.15, 0.2) is 0 Å². The van der Waals surface area contributed by atoms with Crippen LogP contribution in [-0.2, 0) is 23.7 Å². The molecule has 2 saturated heterocycles. The number of carbonyl (C=O) groups is 1. The van der Waals surface area contributed by atoms with Crippen LogP contribution >= 0.6 is 0 Å². The number of amides is 1. The minimum absolute atomic E-state index is 0.0714. The van der Waals surface area contributed by atoms with Crippen molar-refractivity contribution < 1.29 is 31.1 Å². The van der Waals surface area contributed by atoms with Crippen LogP contribution in [0, 0.1) is 5.92 Å². The summed E-state index contributed by atoms with van der Waals surface area (Å²) in [5.41, 5.74) is -3.08. The fraction of sp³-hybridized carbons (Fsp3) is 0.524. The zero-order valence-corrected chi connectivity index (χ0v) is 18.4. The maximum absolute atomic E-state index is 13.0. The van der Waals surface area contributed by atoms with Gasteiger partial charge in [-0.2, -0.15) is 26.3 Å². The Morgan fingerprint density at radius 1 is 1.00 bits per heavy atom. The van der Waals surface area contributed by atoms with E-state index in [9.17, 15) is 35.9 Å². The van der Waals surface area contributed by atoms with Crippen molar-refractivity contribution in [3.63, 3.8) is 0 Å². The molecule has 0 aliphatic carbocycles. The number of nitrogens with zero attached hydrogens (tertiary/aromatic N) is 5. The van der Waals surface area contributed by atoms with Crippen molar-refractivity contribution >= 4 is 11.9 Å². The molecule has 1 N–H and O–H groups in total. The lowest BCUT2D eigenvalue weighted by atomic mass is 10.1. The van der Waals surface area contributed by atoms with Gasteiger partial charge in [0.25, 0.3) is 5.56 Å². The number of anilines is 1. The third-order valence-electron chi connectivity index (χ3n) is 6.14. The molecule has 14 heteroatoms. The lowest BCUT2D eigenvalue weighted by molar-refractivity contribution is -0.139. The van der Waals surface area contributed by atoms with Crippen molar-refractivity contribution in [2.24, 2.45) is 5.92 Å². The van der Waals surface area contributed by atoms with Crippen LogP contribution in [-0.4, -0.2) is 69.9 Å². The number of aromatic nitrogens is 3. The highest BCUT2D eigenvalue weighted by atomic mass is 19.4. The number of hydrogen-bond acceptors (Lipinski definition) is 6. The molecule has 0 spiro atoms. The summed E-state index contributed by atoms with van der Waals surface area (Å²) in [5.74, 6) is -0.220. The molecule has 2 fully saturated rings. The third-order valence-corrected chi connectivity index (χ3v) is 6.14. The molecular formula is C21H22F6N6O2. The van der Waals surface area contributed by atoms with E-state index >= 15 is 0 Å². The molecule has 2 aromatic heterocycles. The summed E-state index contributed by atoms with van der Waals surface area (Å²) in [7, 11) is 0. The zero-order valence-electron chi connectivity index (χ0n) is 18.4. The molecule has 2 aromatic rings. The number of aromatic amines is 1. The summed E-state index contributed by atoms with van der Waals surface area (Å²) >= 11 is 0. The Kier molecular flexibility index (Phi) is 6.75. The number of carbonyl (C=O) groups excluding carboxylic acids is 1. The second-order valence-corrected chi connectivity index (χ2v) is 8.55. The SMILES string of the molecule is O=C([C@@H]1CCN(Cc2c[nH]c(=O)c(C(F)(F)F)c2)C1)N1CCN(c2ncc(C(F)(F)F)cn2)CC1. The van der Waals surface area contributed by atoms with Crippen LogP contribution < -0.4 is 10.5 Å². The number of alkyl halides is 6. The minimum atomic E-state index is -4.75. The van der Waals surface area contributed by atoms with Crippen molar-refractivity contribution in [1.82, 2.24) is 24.8 Å². The Balaban J connectivity index is 1.30. The maximum atomic E-state index is 13.0. The predicted molar refractivity (Wildman–Crippen MR) is 111 cm³/mol. The van der Waals surface area contributed by atoms with E-state index in [0.29, 0.717) is 51.3 Å². The molecule has 0 radical (unpaired) electrons. The van der Waals surface area contributed by atoms with Gasteiger partial charge in [-0.05, 0) is 24.6 Å². The van der Waals surface area contributed by atoms with E-state index in [-0.39, 0.29) is 24.3 Å². The first kappa shape index (κ1) is 24.9. The third kappa shape index (κ3) is 5.74. The molecule has 2 aliphatic rings. The number of nitrogens with one attached hydrogen (secondary N) is 1. The molecule has 4 rings (SSSR count). The number of piperazine rings is 1. The lowest BCUT2D eigenvalue weighted by Gasteiger charge is -2.36. The standard InChI is InChI=1S/C21H22F6N6O2/c22-20(23,24)15-9-29-19(30-10-15)33-5-3-32(4-6-33)18(35)14-1-2-31(12-14)11-13-7-16(21(25,26)27)17(34)28-8-13/h7-10,14H,1-6,11-12H2,(H,28,34)/t14-/m1/s1. The molecular weight excluding hydrogens is 482 g/mol. The molecule has 4 heterocycles. The average Bonchev–Trinajstić information content (AvgIpc) is 3.27. The predicted octanol–water partition coefficient (Wildman–Crippen LogP) is 2.37. The first-order valence-corrected chi connectivity index (χ1v) is 10.9. The smallest absolute Gasteiger partial charge is 0.339 e. The van der Waals surface area contributed by atoms with E-state index in [0.717, 1.165) is 18.5 Å². The Bertz CT molecular complexity index is 1110. The summed E-state index contributed by atoms with van der Waals surface area (Å²) in [4.78, 5) is 39.3. The van der Waals surface area contributed by atoms with Crippen LogP contribution in [0.5, 0.6) is 0 Å². The average molecular weight is 504 g/mol. The van der Waals surface area contributed by atoms with Gasteiger partial charge in [0, 0.05) is 57.9 Å². The summed E-state index contributed by atoms with van der Waals surface area (Å²) in [6.45, 7) is 2.51. The van der Waals surface area contributed by atoms with Gasteiger partial charge in [0.2, 0.25) is 11.9 Å². The van der Waals surface area contributed by atoms with Gasteiger partial charge < -0.3 is 14.8 Å². The van der Waals surface area contributed by atoms with E-state index in [4.69, 9.17) is 0 Å². The van der Waals surface area contributed by atoms with Crippen molar-refractivity contribution in [2.45, 2.75) is 25.3 Å².